The standard InChI is InChI=1S/C12H14ClNO/c13-10-6-2-1-5-9(10)12(14)8-4-3-7-11(12)15/h1-2,5-6H,3-4,7-8,14H2/i1D,2D,4D2,5D,6D. The van der Waals surface area contributed by atoms with Crippen molar-refractivity contribution in [3.8, 4) is 0 Å². The molecule has 1 aliphatic rings. The van der Waals surface area contributed by atoms with Gasteiger partial charge in [-0.2, -0.15) is 0 Å². The van der Waals surface area contributed by atoms with Crippen molar-refractivity contribution in [1.82, 2.24) is 0 Å². The van der Waals surface area contributed by atoms with E-state index in [1.54, 1.807) is 0 Å². The van der Waals surface area contributed by atoms with Crippen LogP contribution in [-0.2, 0) is 10.3 Å². The average Bonchev–Trinajstić information content (AvgIpc) is 2.38. The number of nitrogens with two attached hydrogens (primary N) is 1. The predicted octanol–water partition coefficient (Wildman–Crippen LogP) is 2.64. The first-order chi connectivity index (χ1) is 9.51. The summed E-state index contributed by atoms with van der Waals surface area (Å²) in [5.41, 5.74) is 4.01. The number of carbonyl (C=O) groups is 1. The van der Waals surface area contributed by atoms with E-state index in [9.17, 15) is 4.79 Å². The van der Waals surface area contributed by atoms with Crippen molar-refractivity contribution in [2.75, 3.05) is 0 Å². The minimum absolute atomic E-state index is 0.0354. The van der Waals surface area contributed by atoms with E-state index in [2.05, 4.69) is 0 Å². The zero-order chi connectivity index (χ0) is 16.2. The molecule has 15 heavy (non-hydrogen) atoms. The quantitative estimate of drug-likeness (QED) is 0.805. The third kappa shape index (κ3) is 1.80. The van der Waals surface area contributed by atoms with Crippen molar-refractivity contribution in [1.29, 1.82) is 0 Å². The van der Waals surface area contributed by atoms with Crippen LogP contribution in [0.1, 0.15) is 39.4 Å². The Balaban J connectivity index is 2.73. The number of Topliss-reactive ketones (excluding diaryl/α,β-unsaturated/α-hetero) is 1. The number of hydrogen-bond donors (Lipinski definition) is 1. The van der Waals surface area contributed by atoms with Crippen LogP contribution in [0.4, 0.5) is 0 Å². The maximum Gasteiger partial charge on any atom is 0.157 e. The smallest absolute Gasteiger partial charge is 0.157 e. The van der Waals surface area contributed by atoms with Gasteiger partial charge in [0.25, 0.3) is 0 Å². The molecule has 0 spiro atoms. The van der Waals surface area contributed by atoms with E-state index in [1.165, 1.54) is 0 Å². The zero-order valence-corrected chi connectivity index (χ0v) is 8.74. The maximum atomic E-state index is 12.2. The first-order valence-electron chi connectivity index (χ1n) is 7.60. The fourth-order valence-corrected chi connectivity index (χ4v) is 1.90. The number of hydrogen-bond acceptors (Lipinski definition) is 2. The molecule has 1 atom stereocenters. The molecule has 1 fully saturated rings. The summed E-state index contributed by atoms with van der Waals surface area (Å²) in [7, 11) is 0. The van der Waals surface area contributed by atoms with E-state index in [0.29, 0.717) is 0 Å². The van der Waals surface area contributed by atoms with Crippen LogP contribution >= 0.6 is 11.6 Å². The topological polar surface area (TPSA) is 43.1 Å². The van der Waals surface area contributed by atoms with Gasteiger partial charge in [0.05, 0.1) is 5.48 Å². The number of halogens is 1. The molecule has 2 rings (SSSR count). The second-order valence-corrected chi connectivity index (χ2v) is 3.89. The highest BCUT2D eigenvalue weighted by Gasteiger charge is 2.38. The van der Waals surface area contributed by atoms with Gasteiger partial charge in [0, 0.05) is 14.2 Å². The van der Waals surface area contributed by atoms with Gasteiger partial charge >= 0.3 is 0 Å². The zero-order valence-electron chi connectivity index (χ0n) is 14.0. The molecule has 2 N–H and O–H groups in total. The molecule has 1 aliphatic carbocycles. The van der Waals surface area contributed by atoms with Gasteiger partial charge < -0.3 is 5.73 Å². The lowest BCUT2D eigenvalue weighted by atomic mass is 9.76. The van der Waals surface area contributed by atoms with Crippen LogP contribution in [0.15, 0.2) is 24.2 Å². The van der Waals surface area contributed by atoms with Crippen LogP contribution in [0.3, 0.4) is 0 Å². The lowest BCUT2D eigenvalue weighted by Crippen LogP contribution is -2.47. The maximum absolute atomic E-state index is 12.2. The van der Waals surface area contributed by atoms with Crippen molar-refractivity contribution in [3.63, 3.8) is 0 Å². The average molecular weight is 230 g/mol. The van der Waals surface area contributed by atoms with Crippen LogP contribution in [0, 0.1) is 0 Å². The van der Waals surface area contributed by atoms with Crippen molar-refractivity contribution in [2.45, 2.75) is 31.2 Å². The summed E-state index contributed by atoms with van der Waals surface area (Å²) in [5.74, 6) is -0.468. The normalized spacial score (nSPS) is 35.7. The highest BCUT2D eigenvalue weighted by Crippen LogP contribution is 2.35. The van der Waals surface area contributed by atoms with Gasteiger partial charge in [0.15, 0.2) is 5.78 Å². The Hall–Kier alpha value is -0.860. The minimum Gasteiger partial charge on any atom is -0.315 e. The van der Waals surface area contributed by atoms with E-state index in [0.717, 1.165) is 0 Å². The molecule has 0 amide bonds. The summed E-state index contributed by atoms with van der Waals surface area (Å²) in [6.45, 7) is 0. The third-order valence-electron chi connectivity index (χ3n) is 2.52. The molecule has 0 aromatic heterocycles. The molecular formula is C12H14ClNO. The minimum atomic E-state index is -1.84. The summed E-state index contributed by atoms with van der Waals surface area (Å²) in [4.78, 5) is 12.2. The van der Waals surface area contributed by atoms with Crippen LogP contribution < -0.4 is 5.73 Å². The second-order valence-electron chi connectivity index (χ2n) is 3.51. The third-order valence-corrected chi connectivity index (χ3v) is 2.80. The first-order valence-corrected chi connectivity index (χ1v) is 4.97. The Labute approximate surface area is 103 Å². The van der Waals surface area contributed by atoms with E-state index in [-0.39, 0.29) is 29.8 Å². The summed E-state index contributed by atoms with van der Waals surface area (Å²) in [6, 6.07) is -2.02. The van der Waals surface area contributed by atoms with Crippen LogP contribution in [0.2, 0.25) is 5.02 Å². The fourth-order valence-electron chi connectivity index (χ4n) is 1.64. The van der Waals surface area contributed by atoms with Gasteiger partial charge in [-0.25, -0.2) is 0 Å². The van der Waals surface area contributed by atoms with Crippen molar-refractivity contribution in [3.05, 3.63) is 34.8 Å². The lowest BCUT2D eigenvalue weighted by Gasteiger charge is -2.32. The molecule has 2 nitrogen and oxygen atoms in total. The molecule has 0 saturated heterocycles. The van der Waals surface area contributed by atoms with E-state index in [4.69, 9.17) is 25.6 Å². The number of benzene rings is 1. The summed E-state index contributed by atoms with van der Waals surface area (Å²) < 4.78 is 46.5. The molecular weight excluding hydrogens is 210 g/mol. The van der Waals surface area contributed by atoms with Crippen molar-refractivity contribution >= 4 is 17.4 Å². The first kappa shape index (κ1) is 5.46. The Morgan fingerprint density at radius 2 is 2.27 bits per heavy atom. The Morgan fingerprint density at radius 1 is 1.53 bits per heavy atom. The van der Waals surface area contributed by atoms with E-state index >= 15 is 0 Å². The molecule has 0 aliphatic heterocycles. The van der Waals surface area contributed by atoms with Gasteiger partial charge in [-0.05, 0) is 24.4 Å². The van der Waals surface area contributed by atoms with Crippen molar-refractivity contribution < 1.29 is 13.0 Å². The van der Waals surface area contributed by atoms with Crippen LogP contribution in [-0.4, -0.2) is 5.78 Å². The molecule has 1 saturated carbocycles. The number of ketones is 1. The SMILES string of the molecule is [2H]c1c([2H])c([2H])c(C2(N)CC([2H])([2H])CCC2=O)c(Cl)c1[2H]. The molecule has 80 valence electrons. The highest BCUT2D eigenvalue weighted by atomic mass is 35.5. The van der Waals surface area contributed by atoms with Crippen molar-refractivity contribution in [2.24, 2.45) is 5.73 Å². The second kappa shape index (κ2) is 3.95. The van der Waals surface area contributed by atoms with Crippen LogP contribution in [0.5, 0.6) is 0 Å². The number of rotatable bonds is 1. The van der Waals surface area contributed by atoms with Gasteiger partial charge in [-0.3, -0.25) is 4.79 Å². The largest absolute Gasteiger partial charge is 0.315 e. The predicted molar refractivity (Wildman–Crippen MR) is 60.8 cm³/mol. The molecule has 1 aromatic carbocycles. The molecule has 0 radical (unpaired) electrons. The lowest BCUT2D eigenvalue weighted by molar-refractivity contribution is -0.126. The molecule has 0 heterocycles. The summed E-state index contributed by atoms with van der Waals surface area (Å²) in [6.07, 6.45) is -2.11. The van der Waals surface area contributed by atoms with Gasteiger partial charge in [0.1, 0.15) is 5.54 Å². The van der Waals surface area contributed by atoms with Gasteiger partial charge in [0.2, 0.25) is 0 Å². The van der Waals surface area contributed by atoms with E-state index < -0.39 is 41.9 Å². The van der Waals surface area contributed by atoms with Gasteiger partial charge in [-0.15, -0.1) is 0 Å². The van der Waals surface area contributed by atoms with Crippen LogP contribution in [0.25, 0.3) is 0 Å². The fraction of sp³-hybridized carbons (Fsp3) is 0.417. The molecule has 1 unspecified atom stereocenters. The summed E-state index contributed by atoms with van der Waals surface area (Å²) in [5, 5.41) is -0.324. The monoisotopic (exact) mass is 229 g/mol. The molecule has 1 aromatic rings. The molecule has 3 heteroatoms. The Bertz CT molecular complexity index is 606. The number of carbonyl (C=O) groups excluding carboxylic acids is 1. The highest BCUT2D eigenvalue weighted by molar-refractivity contribution is 6.31. The Kier molecular flexibility index (Phi) is 1.44. The summed E-state index contributed by atoms with van der Waals surface area (Å²) >= 11 is 5.99. The van der Waals surface area contributed by atoms with E-state index in [1.807, 2.05) is 0 Å². The molecule has 0 bridgehead atoms. The van der Waals surface area contributed by atoms with Gasteiger partial charge in [-0.1, -0.05) is 36.1 Å². The Morgan fingerprint density at radius 3 is 3.07 bits per heavy atom.